The van der Waals surface area contributed by atoms with Crippen LogP contribution in [0.25, 0.3) is 20.5 Å². The maximum absolute atomic E-state index is 12.7. The molecular formula is C24H23N2O4S-. The van der Waals surface area contributed by atoms with E-state index in [0.717, 1.165) is 22.6 Å². The summed E-state index contributed by atoms with van der Waals surface area (Å²) < 4.78 is 3.13. The summed E-state index contributed by atoms with van der Waals surface area (Å²) in [6, 6.07) is 14.0. The summed E-state index contributed by atoms with van der Waals surface area (Å²) in [4.78, 5) is 39.1. The first kappa shape index (κ1) is 20.0. The first-order chi connectivity index (χ1) is 15.0. The van der Waals surface area contributed by atoms with E-state index < -0.39 is 5.97 Å². The maximum atomic E-state index is 12.7. The summed E-state index contributed by atoms with van der Waals surface area (Å²) in [7, 11) is 0. The number of hydrogen-bond acceptors (Lipinski definition) is 5. The van der Waals surface area contributed by atoms with Gasteiger partial charge in [-0.15, -0.1) is 11.3 Å². The Morgan fingerprint density at radius 2 is 1.90 bits per heavy atom. The van der Waals surface area contributed by atoms with Crippen LogP contribution >= 0.6 is 11.3 Å². The third kappa shape index (κ3) is 3.78. The molecule has 2 bridgehead atoms. The SMILES string of the molecule is O=C([O-])CCCC(=O)N1C[C@@H]2C[C@H](C1)c1c(-c3cc4ccccc4s3)ccc(=O)n1C2. The number of benzene rings is 1. The van der Waals surface area contributed by atoms with E-state index in [1.165, 1.54) is 10.1 Å². The number of nitrogens with zero attached hydrogens (tertiary/aromatic N) is 2. The largest absolute Gasteiger partial charge is 0.550 e. The molecule has 5 rings (SSSR count). The van der Waals surface area contributed by atoms with Crippen molar-refractivity contribution in [2.24, 2.45) is 5.92 Å². The fourth-order valence-electron chi connectivity index (χ4n) is 5.08. The van der Waals surface area contributed by atoms with E-state index >= 15 is 0 Å². The van der Waals surface area contributed by atoms with Crippen LogP contribution in [0.4, 0.5) is 0 Å². The second-order valence-corrected chi connectivity index (χ2v) is 9.64. The van der Waals surface area contributed by atoms with Crippen molar-refractivity contribution in [3.8, 4) is 10.4 Å². The van der Waals surface area contributed by atoms with Crippen LogP contribution in [0.5, 0.6) is 0 Å². The van der Waals surface area contributed by atoms with E-state index in [2.05, 4.69) is 18.2 Å². The molecule has 7 heteroatoms. The number of hydrogen-bond donors (Lipinski definition) is 0. The molecule has 0 spiro atoms. The molecular weight excluding hydrogens is 412 g/mol. The highest BCUT2D eigenvalue weighted by molar-refractivity contribution is 7.22. The molecule has 1 fully saturated rings. The molecule has 6 nitrogen and oxygen atoms in total. The van der Waals surface area contributed by atoms with Crippen LogP contribution in [0.15, 0.2) is 47.3 Å². The van der Waals surface area contributed by atoms with Gasteiger partial charge in [-0.2, -0.15) is 0 Å². The van der Waals surface area contributed by atoms with Crippen molar-refractivity contribution >= 4 is 33.3 Å². The van der Waals surface area contributed by atoms with Gasteiger partial charge in [-0.25, -0.2) is 0 Å². The highest BCUT2D eigenvalue weighted by atomic mass is 32.1. The number of carboxylic acids is 1. The number of carboxylic acid groups (broad SMARTS) is 1. The van der Waals surface area contributed by atoms with Gasteiger partial charge in [0.15, 0.2) is 0 Å². The third-order valence-electron chi connectivity index (χ3n) is 6.41. The Hall–Kier alpha value is -2.93. The maximum Gasteiger partial charge on any atom is 0.250 e. The molecule has 1 saturated heterocycles. The van der Waals surface area contributed by atoms with Crippen LogP contribution < -0.4 is 10.7 Å². The molecule has 0 N–H and O–H groups in total. The molecule has 1 aromatic carbocycles. The number of likely N-dealkylation sites (tertiary alicyclic amines) is 1. The quantitative estimate of drug-likeness (QED) is 0.617. The van der Waals surface area contributed by atoms with Gasteiger partial charge >= 0.3 is 0 Å². The predicted octanol–water partition coefficient (Wildman–Crippen LogP) is 2.60. The van der Waals surface area contributed by atoms with Crippen LogP contribution in [0.3, 0.4) is 0 Å². The lowest BCUT2D eigenvalue weighted by Crippen LogP contribution is -2.49. The van der Waals surface area contributed by atoms with Crippen molar-refractivity contribution in [2.75, 3.05) is 13.1 Å². The summed E-state index contributed by atoms with van der Waals surface area (Å²) in [5, 5.41) is 11.8. The Bertz CT molecular complexity index is 1190. The van der Waals surface area contributed by atoms with Crippen molar-refractivity contribution in [2.45, 2.75) is 38.1 Å². The summed E-state index contributed by atoms with van der Waals surface area (Å²) in [6.07, 6.45) is 1.39. The highest BCUT2D eigenvalue weighted by Crippen LogP contribution is 2.42. The Balaban J connectivity index is 1.47. The molecule has 2 aliphatic heterocycles. The fraction of sp³-hybridized carbons (Fsp3) is 0.375. The number of rotatable bonds is 5. The number of thiophene rings is 1. The molecule has 0 unspecified atom stereocenters. The molecule has 0 radical (unpaired) electrons. The summed E-state index contributed by atoms with van der Waals surface area (Å²) in [5.74, 6) is -0.783. The molecule has 2 aromatic heterocycles. The average molecular weight is 436 g/mol. The van der Waals surface area contributed by atoms with E-state index in [9.17, 15) is 19.5 Å². The van der Waals surface area contributed by atoms with E-state index in [1.54, 1.807) is 17.4 Å². The van der Waals surface area contributed by atoms with Gasteiger partial charge in [-0.1, -0.05) is 18.2 Å². The summed E-state index contributed by atoms with van der Waals surface area (Å²) >= 11 is 1.72. The summed E-state index contributed by atoms with van der Waals surface area (Å²) in [5.41, 5.74) is 2.13. The minimum atomic E-state index is -1.12. The van der Waals surface area contributed by atoms with E-state index in [0.29, 0.717) is 26.1 Å². The Morgan fingerprint density at radius 3 is 2.71 bits per heavy atom. The van der Waals surface area contributed by atoms with Crippen molar-refractivity contribution in [3.05, 3.63) is 58.5 Å². The molecule has 3 aromatic rings. The first-order valence-electron chi connectivity index (χ1n) is 10.7. The zero-order valence-electron chi connectivity index (χ0n) is 17.1. The number of amides is 1. The molecule has 2 atom stereocenters. The standard InChI is InChI=1S/C24H24N2O4S/c27-21(6-3-7-23(29)30)25-12-15-10-17(14-25)24-18(8-9-22(28)26(24)13-15)20-11-16-4-1-2-5-19(16)31-20/h1-2,4-5,8-9,11,15,17H,3,6-7,10,12-14H2,(H,29,30)/p-1/t15-,17+/m0/s1. The average Bonchev–Trinajstić information content (AvgIpc) is 3.18. The zero-order chi connectivity index (χ0) is 21.5. The summed E-state index contributed by atoms with van der Waals surface area (Å²) in [6.45, 7) is 1.81. The minimum absolute atomic E-state index is 0.00825. The smallest absolute Gasteiger partial charge is 0.250 e. The third-order valence-corrected chi connectivity index (χ3v) is 7.55. The van der Waals surface area contributed by atoms with Gasteiger partial charge in [0.1, 0.15) is 0 Å². The lowest BCUT2D eigenvalue weighted by atomic mass is 9.81. The van der Waals surface area contributed by atoms with E-state index in [-0.39, 0.29) is 36.1 Å². The van der Waals surface area contributed by atoms with Gasteiger partial charge in [0.05, 0.1) is 0 Å². The highest BCUT2D eigenvalue weighted by Gasteiger charge is 2.37. The van der Waals surface area contributed by atoms with Crippen LogP contribution in [-0.4, -0.2) is 34.4 Å². The Morgan fingerprint density at radius 1 is 1.06 bits per heavy atom. The second kappa shape index (κ2) is 7.96. The lowest BCUT2D eigenvalue weighted by molar-refractivity contribution is -0.305. The second-order valence-electron chi connectivity index (χ2n) is 8.55. The minimum Gasteiger partial charge on any atom is -0.550 e. The van der Waals surface area contributed by atoms with E-state index in [4.69, 9.17) is 0 Å². The van der Waals surface area contributed by atoms with Crippen LogP contribution in [0.1, 0.15) is 37.3 Å². The van der Waals surface area contributed by atoms with Crippen LogP contribution in [-0.2, 0) is 16.1 Å². The first-order valence-corrected chi connectivity index (χ1v) is 11.5. The van der Waals surface area contributed by atoms with Gasteiger partial charge in [-0.3, -0.25) is 9.59 Å². The molecule has 2 aliphatic rings. The number of pyridine rings is 1. The van der Waals surface area contributed by atoms with Crippen molar-refractivity contribution < 1.29 is 14.7 Å². The number of piperidine rings is 1. The normalized spacial score (nSPS) is 19.9. The Kier molecular flexibility index (Phi) is 5.14. The van der Waals surface area contributed by atoms with Gasteiger partial charge in [0.2, 0.25) is 5.91 Å². The van der Waals surface area contributed by atoms with Crippen molar-refractivity contribution in [3.63, 3.8) is 0 Å². The monoisotopic (exact) mass is 435 g/mol. The molecule has 31 heavy (non-hydrogen) atoms. The van der Waals surface area contributed by atoms with Crippen molar-refractivity contribution in [1.29, 1.82) is 0 Å². The molecule has 0 aliphatic carbocycles. The van der Waals surface area contributed by atoms with Gasteiger partial charge in [0.25, 0.3) is 5.56 Å². The van der Waals surface area contributed by atoms with Gasteiger partial charge in [0, 0.05) is 64.8 Å². The number of aromatic nitrogens is 1. The van der Waals surface area contributed by atoms with E-state index in [1.807, 2.05) is 27.7 Å². The Labute approximate surface area is 183 Å². The van der Waals surface area contributed by atoms with Crippen LogP contribution in [0, 0.1) is 5.92 Å². The molecule has 0 saturated carbocycles. The number of carbonyl (C=O) groups excluding carboxylic acids is 2. The molecule has 4 heterocycles. The number of carbonyl (C=O) groups is 2. The predicted molar refractivity (Wildman–Crippen MR) is 118 cm³/mol. The topological polar surface area (TPSA) is 82.4 Å². The number of aliphatic carboxylic acids is 1. The fourth-order valence-corrected chi connectivity index (χ4v) is 6.18. The van der Waals surface area contributed by atoms with Crippen molar-refractivity contribution in [1.82, 2.24) is 9.47 Å². The molecule has 1 amide bonds. The van der Waals surface area contributed by atoms with Crippen LogP contribution in [0.2, 0.25) is 0 Å². The van der Waals surface area contributed by atoms with Gasteiger partial charge in [-0.05, 0) is 48.8 Å². The number of fused-ring (bicyclic) bond motifs is 5. The van der Waals surface area contributed by atoms with Gasteiger partial charge < -0.3 is 19.4 Å². The zero-order valence-corrected chi connectivity index (χ0v) is 17.9. The molecule has 160 valence electrons. The lowest BCUT2D eigenvalue weighted by Gasteiger charge is -2.43.